The zero-order chi connectivity index (χ0) is 12.1. The molecule has 0 saturated heterocycles. The summed E-state index contributed by atoms with van der Waals surface area (Å²) in [4.78, 5) is 5.95. The molecule has 0 aromatic carbocycles. The molecule has 0 fully saturated rings. The molecule has 0 spiro atoms. The maximum Gasteiger partial charge on any atom is 0.133 e. The van der Waals surface area contributed by atoms with Gasteiger partial charge in [0.1, 0.15) is 5.01 Å². The number of hydrogen-bond donors (Lipinski definition) is 1. The first kappa shape index (κ1) is 12.7. The molecular formula is C13H18N2S2. The molecule has 0 bridgehead atoms. The van der Waals surface area contributed by atoms with Crippen LogP contribution in [0.1, 0.15) is 26.0 Å². The Balaban J connectivity index is 1.83. The third-order valence-corrected chi connectivity index (χ3v) is 4.38. The molecule has 4 heteroatoms. The number of thiophene rings is 1. The minimum Gasteiger partial charge on any atom is -0.315 e. The van der Waals surface area contributed by atoms with Crippen molar-refractivity contribution in [2.24, 2.45) is 0 Å². The van der Waals surface area contributed by atoms with Gasteiger partial charge in [-0.05, 0) is 30.8 Å². The minimum atomic E-state index is 0.576. The summed E-state index contributed by atoms with van der Waals surface area (Å²) in [6.45, 7) is 5.43. The Labute approximate surface area is 111 Å². The van der Waals surface area contributed by atoms with Crippen molar-refractivity contribution in [2.75, 3.05) is 6.54 Å². The number of hydrogen-bond acceptors (Lipinski definition) is 4. The van der Waals surface area contributed by atoms with Gasteiger partial charge in [0.05, 0.1) is 10.6 Å². The second-order valence-corrected chi connectivity index (χ2v) is 6.14. The van der Waals surface area contributed by atoms with E-state index in [1.165, 1.54) is 10.6 Å². The molecular weight excluding hydrogens is 248 g/mol. The van der Waals surface area contributed by atoms with Gasteiger partial charge < -0.3 is 5.32 Å². The fourth-order valence-electron chi connectivity index (χ4n) is 1.60. The highest BCUT2D eigenvalue weighted by Gasteiger charge is 2.05. The van der Waals surface area contributed by atoms with E-state index in [0.29, 0.717) is 6.04 Å². The molecule has 17 heavy (non-hydrogen) atoms. The van der Waals surface area contributed by atoms with Crippen LogP contribution in [0.15, 0.2) is 22.9 Å². The molecule has 0 atom stereocenters. The van der Waals surface area contributed by atoms with Crippen LogP contribution in [-0.2, 0) is 6.42 Å². The lowest BCUT2D eigenvalue weighted by atomic mass is 10.2. The van der Waals surface area contributed by atoms with Gasteiger partial charge in [-0.1, -0.05) is 19.9 Å². The third-order valence-electron chi connectivity index (χ3n) is 2.45. The van der Waals surface area contributed by atoms with E-state index in [-0.39, 0.29) is 0 Å². The van der Waals surface area contributed by atoms with E-state index in [1.54, 1.807) is 22.7 Å². The molecule has 0 amide bonds. The van der Waals surface area contributed by atoms with Gasteiger partial charge in [-0.25, -0.2) is 4.98 Å². The van der Waals surface area contributed by atoms with Crippen LogP contribution in [0.5, 0.6) is 0 Å². The van der Waals surface area contributed by atoms with Gasteiger partial charge >= 0.3 is 0 Å². The molecule has 2 rings (SSSR count). The van der Waals surface area contributed by atoms with Crippen LogP contribution in [-0.4, -0.2) is 17.6 Å². The lowest BCUT2D eigenvalue weighted by Gasteiger charge is -2.06. The molecule has 0 saturated carbocycles. The van der Waals surface area contributed by atoms with E-state index in [0.717, 1.165) is 24.4 Å². The normalized spacial score (nSPS) is 11.2. The highest BCUT2D eigenvalue weighted by molar-refractivity contribution is 7.20. The quantitative estimate of drug-likeness (QED) is 0.804. The average molecular weight is 266 g/mol. The van der Waals surface area contributed by atoms with Crippen LogP contribution in [0.4, 0.5) is 0 Å². The predicted octanol–water partition coefficient (Wildman–Crippen LogP) is 3.80. The average Bonchev–Trinajstić information content (AvgIpc) is 2.94. The molecule has 2 nitrogen and oxygen atoms in total. The van der Waals surface area contributed by atoms with Gasteiger partial charge in [0.2, 0.25) is 0 Å². The lowest BCUT2D eigenvalue weighted by Crippen LogP contribution is -2.23. The molecule has 92 valence electrons. The van der Waals surface area contributed by atoms with Gasteiger partial charge in [-0.2, -0.15) is 0 Å². The zero-order valence-corrected chi connectivity index (χ0v) is 11.9. The summed E-state index contributed by atoms with van der Waals surface area (Å²) in [6, 6.07) is 4.79. The number of nitrogens with one attached hydrogen (secondary N) is 1. The van der Waals surface area contributed by atoms with Crippen LogP contribution in [0, 0.1) is 0 Å². The Morgan fingerprint density at radius 3 is 2.94 bits per heavy atom. The summed E-state index contributed by atoms with van der Waals surface area (Å²) in [5, 5.41) is 8.87. The largest absolute Gasteiger partial charge is 0.315 e. The van der Waals surface area contributed by atoms with E-state index in [2.05, 4.69) is 47.0 Å². The third kappa shape index (κ3) is 3.91. The first-order chi connectivity index (χ1) is 8.25. The number of rotatable bonds is 6. The van der Waals surface area contributed by atoms with E-state index >= 15 is 0 Å². The van der Waals surface area contributed by atoms with Crippen molar-refractivity contribution in [3.8, 4) is 9.88 Å². The molecule has 2 aromatic heterocycles. The molecule has 2 heterocycles. The Bertz CT molecular complexity index is 432. The Hall–Kier alpha value is -0.710. The van der Waals surface area contributed by atoms with E-state index in [4.69, 9.17) is 0 Å². The van der Waals surface area contributed by atoms with Gasteiger partial charge in [0.15, 0.2) is 0 Å². The zero-order valence-electron chi connectivity index (χ0n) is 10.3. The second-order valence-electron chi connectivity index (χ2n) is 4.33. The molecule has 0 aliphatic carbocycles. The predicted molar refractivity (Wildman–Crippen MR) is 76.9 cm³/mol. The van der Waals surface area contributed by atoms with Crippen molar-refractivity contribution in [3.63, 3.8) is 0 Å². The van der Waals surface area contributed by atoms with Crippen LogP contribution < -0.4 is 5.32 Å². The van der Waals surface area contributed by atoms with Gasteiger partial charge in [-0.15, -0.1) is 22.7 Å². The molecule has 1 N–H and O–H groups in total. The summed E-state index contributed by atoms with van der Waals surface area (Å²) < 4.78 is 0. The highest BCUT2D eigenvalue weighted by Crippen LogP contribution is 2.27. The lowest BCUT2D eigenvalue weighted by molar-refractivity contribution is 0.569. The fraction of sp³-hybridized carbons (Fsp3) is 0.462. The van der Waals surface area contributed by atoms with E-state index < -0.39 is 0 Å². The number of aryl methyl sites for hydroxylation is 1. The summed E-state index contributed by atoms with van der Waals surface area (Å²) in [7, 11) is 0. The summed E-state index contributed by atoms with van der Waals surface area (Å²) in [6.07, 6.45) is 2.23. The topological polar surface area (TPSA) is 24.9 Å². The van der Waals surface area contributed by atoms with Gasteiger partial charge in [0, 0.05) is 11.4 Å². The van der Waals surface area contributed by atoms with Crippen molar-refractivity contribution in [3.05, 3.63) is 28.6 Å². The van der Waals surface area contributed by atoms with Crippen molar-refractivity contribution < 1.29 is 0 Å². The van der Waals surface area contributed by atoms with Crippen molar-refractivity contribution in [2.45, 2.75) is 32.7 Å². The summed E-state index contributed by atoms with van der Waals surface area (Å²) >= 11 is 3.51. The monoisotopic (exact) mass is 266 g/mol. The number of thiazole rings is 1. The molecule has 2 aromatic rings. The second kappa shape index (κ2) is 6.28. The van der Waals surface area contributed by atoms with E-state index in [9.17, 15) is 0 Å². The number of aromatic nitrogens is 1. The van der Waals surface area contributed by atoms with Gasteiger partial charge in [0.25, 0.3) is 0 Å². The highest BCUT2D eigenvalue weighted by atomic mass is 32.1. The van der Waals surface area contributed by atoms with Crippen molar-refractivity contribution in [1.29, 1.82) is 0 Å². The Kier molecular flexibility index (Phi) is 4.71. The van der Waals surface area contributed by atoms with E-state index in [1.807, 2.05) is 0 Å². The molecule has 0 aliphatic rings. The van der Waals surface area contributed by atoms with Crippen LogP contribution in [0.25, 0.3) is 9.88 Å². The van der Waals surface area contributed by atoms with Crippen LogP contribution in [0.2, 0.25) is 0 Å². The minimum absolute atomic E-state index is 0.576. The summed E-state index contributed by atoms with van der Waals surface area (Å²) in [5.74, 6) is 0. The number of nitrogens with zero attached hydrogens (tertiary/aromatic N) is 1. The standard InChI is InChI=1S/C13H18N2S2/c1-10(2)14-7-3-5-11-9-17-13(15-11)12-6-4-8-16-12/h4,6,8-10,14H,3,5,7H2,1-2H3. The van der Waals surface area contributed by atoms with Crippen LogP contribution in [0.3, 0.4) is 0 Å². The SMILES string of the molecule is CC(C)NCCCc1csc(-c2cccs2)n1. The molecule has 0 aliphatic heterocycles. The van der Waals surface area contributed by atoms with Crippen molar-refractivity contribution in [1.82, 2.24) is 10.3 Å². The maximum atomic E-state index is 4.67. The first-order valence-corrected chi connectivity index (χ1v) is 7.73. The van der Waals surface area contributed by atoms with Crippen molar-refractivity contribution >= 4 is 22.7 Å². The summed E-state index contributed by atoms with van der Waals surface area (Å²) in [5.41, 5.74) is 1.23. The fourth-order valence-corrected chi connectivity index (χ4v) is 3.26. The Morgan fingerprint density at radius 2 is 2.24 bits per heavy atom. The first-order valence-electron chi connectivity index (χ1n) is 5.97. The van der Waals surface area contributed by atoms with Crippen LogP contribution >= 0.6 is 22.7 Å². The Morgan fingerprint density at radius 1 is 1.35 bits per heavy atom. The molecule has 0 radical (unpaired) electrons. The maximum absolute atomic E-state index is 4.67. The van der Waals surface area contributed by atoms with Gasteiger partial charge in [-0.3, -0.25) is 0 Å². The molecule has 0 unspecified atom stereocenters. The smallest absolute Gasteiger partial charge is 0.133 e.